The van der Waals surface area contributed by atoms with Gasteiger partial charge in [0.25, 0.3) is 0 Å². The normalized spacial score (nSPS) is 12.2. The fraction of sp³-hybridized carbons (Fsp3) is 0.107. The molecular weight excluding hydrogens is 566 g/mol. The molecule has 8 nitrogen and oxygen atoms in total. The van der Waals surface area contributed by atoms with Crippen molar-refractivity contribution in [1.29, 1.82) is 0 Å². The number of carbonyl (C=O) groups excluding carboxylic acids is 1. The molecule has 0 bridgehead atoms. The molecule has 13 heteroatoms. The summed E-state index contributed by atoms with van der Waals surface area (Å²) in [6.45, 7) is 1.74. The topological polar surface area (TPSA) is 136 Å². The summed E-state index contributed by atoms with van der Waals surface area (Å²) in [5.41, 5.74) is 1.56. The average Bonchev–Trinajstić information content (AvgIpc) is 2.91. The van der Waals surface area contributed by atoms with Gasteiger partial charge in [0.1, 0.15) is 11.4 Å². The van der Waals surface area contributed by atoms with Crippen LogP contribution in [0, 0.1) is 12.7 Å². The molecule has 4 aromatic rings. The highest BCUT2D eigenvalue weighted by atomic mass is 35.5. The Hall–Kier alpha value is -4.68. The number of amidine groups is 1. The van der Waals surface area contributed by atoms with E-state index in [1.807, 2.05) is 0 Å². The third-order valence-electron chi connectivity index (χ3n) is 6.08. The molecule has 0 radical (unpaired) electrons. The summed E-state index contributed by atoms with van der Waals surface area (Å²) in [7, 11) is 0. The molecule has 3 aromatic carbocycles. The lowest BCUT2D eigenvalue weighted by Gasteiger charge is -2.16. The number of hydrazone groups is 1. The summed E-state index contributed by atoms with van der Waals surface area (Å²) in [5, 5.41) is 6.40. The van der Waals surface area contributed by atoms with Crippen LogP contribution < -0.4 is 28.1 Å². The molecule has 0 aliphatic heterocycles. The van der Waals surface area contributed by atoms with Crippen LogP contribution in [0.15, 0.2) is 75.0 Å². The van der Waals surface area contributed by atoms with Crippen LogP contribution in [0.3, 0.4) is 0 Å². The first-order chi connectivity index (χ1) is 19.4. The van der Waals surface area contributed by atoms with Crippen LogP contribution in [-0.2, 0) is 17.4 Å². The van der Waals surface area contributed by atoms with E-state index in [2.05, 4.69) is 15.8 Å². The number of nitrogens with zero attached hydrogens (tertiary/aromatic N) is 1. The van der Waals surface area contributed by atoms with E-state index in [-0.39, 0.29) is 23.0 Å². The Kier molecular flexibility index (Phi) is 8.45. The summed E-state index contributed by atoms with van der Waals surface area (Å²) in [6, 6.07) is 11.9. The molecule has 0 saturated carbocycles. The number of hydrogen-bond acceptors (Lipinski definition) is 6. The van der Waals surface area contributed by atoms with Gasteiger partial charge in [-0.3, -0.25) is 4.79 Å². The molecule has 0 spiro atoms. The van der Waals surface area contributed by atoms with Crippen LogP contribution in [0.25, 0.3) is 28.2 Å². The van der Waals surface area contributed by atoms with Gasteiger partial charge < -0.3 is 21.0 Å². The number of hydrazine groups is 1. The second kappa shape index (κ2) is 11.8. The van der Waals surface area contributed by atoms with Crippen molar-refractivity contribution >= 4 is 46.1 Å². The molecule has 0 aliphatic rings. The molecule has 0 aliphatic carbocycles. The maximum Gasteiger partial charge on any atom is 0.418 e. The first-order valence-corrected chi connectivity index (χ1v) is 12.2. The van der Waals surface area contributed by atoms with Crippen LogP contribution in [0.5, 0.6) is 0 Å². The van der Waals surface area contributed by atoms with Gasteiger partial charge in [0, 0.05) is 22.0 Å². The van der Waals surface area contributed by atoms with Crippen LogP contribution in [0.4, 0.5) is 23.2 Å². The Bertz CT molecular complexity index is 1770. The van der Waals surface area contributed by atoms with Crippen molar-refractivity contribution in [3.05, 3.63) is 104 Å². The number of fused-ring (bicyclic) bond motifs is 1. The molecular formula is C28H22ClF4N5O3. The van der Waals surface area contributed by atoms with Crippen molar-refractivity contribution in [1.82, 2.24) is 5.43 Å². The zero-order valence-electron chi connectivity index (χ0n) is 21.3. The zero-order chi connectivity index (χ0) is 29.9. The summed E-state index contributed by atoms with van der Waals surface area (Å²) in [6.07, 6.45) is -2.43. The summed E-state index contributed by atoms with van der Waals surface area (Å²) < 4.78 is 59.4. The number of alkyl halides is 3. The Morgan fingerprint density at radius 2 is 1.90 bits per heavy atom. The number of hydrogen-bond donors (Lipinski definition) is 4. The van der Waals surface area contributed by atoms with Gasteiger partial charge in [-0.15, -0.1) is 0 Å². The SMILES string of the molecule is Cc1cc2c(-c3cccc(/C=C/C(=N/N)NN)c3)c(CC(=O)Nc3ccc(F)cc3C(F)(F)F)c(=O)oc2cc1Cl. The van der Waals surface area contributed by atoms with Gasteiger partial charge in [-0.1, -0.05) is 35.9 Å². The monoisotopic (exact) mass is 587 g/mol. The Morgan fingerprint density at radius 3 is 2.59 bits per heavy atom. The largest absolute Gasteiger partial charge is 0.422 e. The van der Waals surface area contributed by atoms with Crippen molar-refractivity contribution in [3.8, 4) is 11.1 Å². The summed E-state index contributed by atoms with van der Waals surface area (Å²) >= 11 is 6.25. The number of halogens is 5. The fourth-order valence-corrected chi connectivity index (χ4v) is 4.33. The van der Waals surface area contributed by atoms with Crippen LogP contribution in [0.1, 0.15) is 22.3 Å². The minimum Gasteiger partial charge on any atom is -0.422 e. The van der Waals surface area contributed by atoms with Gasteiger partial charge in [0.15, 0.2) is 5.84 Å². The lowest BCUT2D eigenvalue weighted by molar-refractivity contribution is -0.137. The van der Waals surface area contributed by atoms with E-state index in [9.17, 15) is 27.2 Å². The van der Waals surface area contributed by atoms with Gasteiger partial charge in [-0.05, 0) is 60.0 Å². The number of aryl methyl sites for hydroxylation is 1. The van der Waals surface area contributed by atoms with Gasteiger partial charge in [-0.2, -0.15) is 18.3 Å². The molecule has 1 heterocycles. The minimum absolute atomic E-state index is 0.110. The van der Waals surface area contributed by atoms with Crippen LogP contribution >= 0.6 is 11.6 Å². The van der Waals surface area contributed by atoms with Crippen molar-refractivity contribution in [2.45, 2.75) is 19.5 Å². The first kappa shape index (κ1) is 29.3. The van der Waals surface area contributed by atoms with Gasteiger partial charge in [0.05, 0.1) is 23.2 Å². The van der Waals surface area contributed by atoms with Crippen molar-refractivity contribution in [2.24, 2.45) is 16.8 Å². The maximum atomic E-state index is 13.5. The van der Waals surface area contributed by atoms with E-state index in [1.165, 1.54) is 12.1 Å². The molecule has 41 heavy (non-hydrogen) atoms. The van der Waals surface area contributed by atoms with Gasteiger partial charge >= 0.3 is 11.8 Å². The van der Waals surface area contributed by atoms with Gasteiger partial charge in [0.2, 0.25) is 5.91 Å². The quantitative estimate of drug-likeness (QED) is 0.0587. The summed E-state index contributed by atoms with van der Waals surface area (Å²) in [5.74, 6) is 8.72. The summed E-state index contributed by atoms with van der Waals surface area (Å²) in [4.78, 5) is 26.2. The van der Waals surface area contributed by atoms with Crippen molar-refractivity contribution < 1.29 is 26.8 Å². The van der Waals surface area contributed by atoms with E-state index in [0.29, 0.717) is 32.7 Å². The standard InChI is InChI=1S/C28H22ClF4N5O3/c1-14-9-18-23(13-21(14)29)41-27(40)19(12-25(39)36-22-7-6-17(30)11-20(22)28(31,32)33)26(18)16-4-2-3-15(10-16)5-8-24(37-34)38-35/h2-11,13H,12,34-35H2,1H3,(H,36,39)(H,37,38)/b8-5+. The van der Waals surface area contributed by atoms with E-state index >= 15 is 0 Å². The third kappa shape index (κ3) is 6.56. The van der Waals surface area contributed by atoms with Crippen molar-refractivity contribution in [3.63, 3.8) is 0 Å². The first-order valence-electron chi connectivity index (χ1n) is 11.9. The molecule has 212 valence electrons. The molecule has 0 saturated heterocycles. The Balaban J connectivity index is 1.84. The molecule has 0 fully saturated rings. The molecule has 1 aromatic heterocycles. The molecule has 6 N–H and O–H groups in total. The number of rotatable bonds is 6. The van der Waals surface area contributed by atoms with E-state index in [4.69, 9.17) is 27.7 Å². The zero-order valence-corrected chi connectivity index (χ0v) is 22.0. The second-order valence-electron chi connectivity index (χ2n) is 8.87. The lowest BCUT2D eigenvalue weighted by Crippen LogP contribution is -2.29. The Morgan fingerprint density at radius 1 is 1.15 bits per heavy atom. The number of nitrogens with two attached hydrogens (primary N) is 2. The highest BCUT2D eigenvalue weighted by Gasteiger charge is 2.34. The van der Waals surface area contributed by atoms with Crippen molar-refractivity contribution in [2.75, 3.05) is 5.32 Å². The Labute approximate surface area is 235 Å². The predicted octanol–water partition coefficient (Wildman–Crippen LogP) is 5.51. The maximum absolute atomic E-state index is 13.5. The lowest BCUT2D eigenvalue weighted by atomic mass is 9.93. The number of nitrogens with one attached hydrogen (secondary N) is 2. The highest BCUT2D eigenvalue weighted by Crippen LogP contribution is 2.37. The molecule has 1 amide bonds. The number of anilines is 1. The van der Waals surface area contributed by atoms with E-state index in [0.717, 1.165) is 12.1 Å². The third-order valence-corrected chi connectivity index (χ3v) is 6.48. The highest BCUT2D eigenvalue weighted by molar-refractivity contribution is 6.32. The van der Waals surface area contributed by atoms with E-state index in [1.54, 1.807) is 43.3 Å². The van der Waals surface area contributed by atoms with Crippen LogP contribution in [0.2, 0.25) is 5.02 Å². The number of benzene rings is 3. The van der Waals surface area contributed by atoms with Crippen LogP contribution in [-0.4, -0.2) is 11.7 Å². The fourth-order valence-electron chi connectivity index (χ4n) is 4.18. The number of carbonyl (C=O) groups is 1. The second-order valence-corrected chi connectivity index (χ2v) is 9.28. The smallest absolute Gasteiger partial charge is 0.418 e. The van der Waals surface area contributed by atoms with Gasteiger partial charge in [-0.25, -0.2) is 15.0 Å². The molecule has 4 rings (SSSR count). The number of amides is 1. The minimum atomic E-state index is -4.93. The average molecular weight is 588 g/mol. The molecule has 0 unspecified atom stereocenters. The molecule has 0 atom stereocenters. The predicted molar refractivity (Wildman–Crippen MR) is 149 cm³/mol. The van der Waals surface area contributed by atoms with E-state index < -0.39 is 41.2 Å².